The predicted octanol–water partition coefficient (Wildman–Crippen LogP) is 4.28. The van der Waals surface area contributed by atoms with Crippen molar-refractivity contribution in [2.24, 2.45) is 0 Å². The molecule has 0 unspecified atom stereocenters. The lowest BCUT2D eigenvalue weighted by molar-refractivity contribution is 0.0963. The smallest absolute Gasteiger partial charge is 0.229 e. The largest absolute Gasteiger partial charge is 0.322 e. The molecule has 2 aromatic heterocycles. The maximum absolute atomic E-state index is 12.9. The van der Waals surface area contributed by atoms with E-state index >= 15 is 0 Å². The number of aromatic nitrogens is 4. The van der Waals surface area contributed by atoms with Gasteiger partial charge in [0.25, 0.3) is 0 Å². The second-order valence-electron chi connectivity index (χ2n) is 7.34. The van der Waals surface area contributed by atoms with E-state index in [4.69, 9.17) is 0 Å². The molecule has 0 fully saturated rings. The molecule has 2 aromatic carbocycles. The Hall–Kier alpha value is -3.21. The number of carbonyl (C=O) groups excluding carboxylic acids is 1. The Bertz CT molecular complexity index is 1130. The van der Waals surface area contributed by atoms with E-state index in [1.54, 1.807) is 0 Å². The zero-order valence-electron chi connectivity index (χ0n) is 15.4. The molecular formula is C22H20N4O. The molecule has 0 radical (unpaired) electrons. The van der Waals surface area contributed by atoms with Crippen LogP contribution in [0.3, 0.4) is 0 Å². The van der Waals surface area contributed by atoms with E-state index in [1.807, 2.05) is 35.9 Å². The summed E-state index contributed by atoms with van der Waals surface area (Å²) in [5.74, 6) is 1.00. The molecule has 1 aliphatic carbocycles. The fraction of sp³-hybridized carbons (Fsp3) is 0.227. The molecule has 2 heterocycles. The highest BCUT2D eigenvalue weighted by molar-refractivity contribution is 6.00. The minimum absolute atomic E-state index is 0.168. The number of ketones is 1. The molecule has 5 rings (SSSR count). The van der Waals surface area contributed by atoms with Gasteiger partial charge in [0.2, 0.25) is 5.95 Å². The molecule has 27 heavy (non-hydrogen) atoms. The number of fused-ring (bicyclic) bond motifs is 2. The van der Waals surface area contributed by atoms with Gasteiger partial charge in [-0.3, -0.25) is 4.79 Å². The quantitative estimate of drug-likeness (QED) is 0.583. The van der Waals surface area contributed by atoms with Gasteiger partial charge in [0.1, 0.15) is 0 Å². The molecule has 0 spiro atoms. The highest BCUT2D eigenvalue weighted by Crippen LogP contribution is 2.35. The minimum atomic E-state index is 0.168. The Morgan fingerprint density at radius 2 is 1.81 bits per heavy atom. The van der Waals surface area contributed by atoms with Crippen molar-refractivity contribution < 1.29 is 4.79 Å². The Balaban J connectivity index is 1.61. The van der Waals surface area contributed by atoms with Crippen molar-refractivity contribution in [3.63, 3.8) is 0 Å². The summed E-state index contributed by atoms with van der Waals surface area (Å²) in [5, 5.41) is 4.65. The van der Waals surface area contributed by atoms with E-state index in [9.17, 15) is 4.79 Å². The number of imidazole rings is 1. The third kappa shape index (κ3) is 2.58. The molecular weight excluding hydrogens is 336 g/mol. The molecule has 4 aromatic rings. The number of hydrogen-bond donors (Lipinski definition) is 1. The summed E-state index contributed by atoms with van der Waals surface area (Å²) in [7, 11) is 0. The van der Waals surface area contributed by atoms with E-state index in [0.29, 0.717) is 12.4 Å². The number of Topliss-reactive ketones (excluding diaryl/α,β-unsaturated/α-hetero) is 1. The summed E-state index contributed by atoms with van der Waals surface area (Å²) in [6.45, 7) is 3.98. The van der Waals surface area contributed by atoms with Crippen molar-refractivity contribution in [3.8, 4) is 5.95 Å². The lowest BCUT2D eigenvalue weighted by atomic mass is 9.81. The van der Waals surface area contributed by atoms with E-state index in [0.717, 1.165) is 34.4 Å². The summed E-state index contributed by atoms with van der Waals surface area (Å²) in [6.07, 6.45) is 1.31. The average molecular weight is 356 g/mol. The summed E-state index contributed by atoms with van der Waals surface area (Å²) in [6, 6.07) is 16.4. The first-order chi connectivity index (χ1) is 13.1. The third-order valence-electron chi connectivity index (χ3n) is 5.43. The van der Waals surface area contributed by atoms with Gasteiger partial charge in [-0.25, -0.2) is 9.67 Å². The molecule has 0 aliphatic heterocycles. The van der Waals surface area contributed by atoms with E-state index < -0.39 is 0 Å². The van der Waals surface area contributed by atoms with Gasteiger partial charge in [-0.1, -0.05) is 42.0 Å². The molecule has 0 saturated carbocycles. The summed E-state index contributed by atoms with van der Waals surface area (Å²) >= 11 is 0. The fourth-order valence-electron chi connectivity index (χ4n) is 4.05. The summed E-state index contributed by atoms with van der Waals surface area (Å²) in [4.78, 5) is 20.9. The first-order valence-electron chi connectivity index (χ1n) is 9.23. The van der Waals surface area contributed by atoms with Gasteiger partial charge in [0.15, 0.2) is 5.78 Å². The number of H-pyrrole nitrogens is 1. The van der Waals surface area contributed by atoms with Crippen LogP contribution in [0.25, 0.3) is 17.0 Å². The third-order valence-corrected chi connectivity index (χ3v) is 5.43. The number of nitrogens with zero attached hydrogens (tertiary/aromatic N) is 3. The number of hydrogen-bond acceptors (Lipinski definition) is 3. The van der Waals surface area contributed by atoms with Crippen molar-refractivity contribution in [2.45, 2.75) is 32.6 Å². The molecule has 134 valence electrons. The Morgan fingerprint density at radius 1 is 1.04 bits per heavy atom. The fourth-order valence-corrected chi connectivity index (χ4v) is 4.05. The van der Waals surface area contributed by atoms with Crippen LogP contribution in [0.15, 0.2) is 48.5 Å². The van der Waals surface area contributed by atoms with Crippen LogP contribution in [0.4, 0.5) is 0 Å². The van der Waals surface area contributed by atoms with Crippen molar-refractivity contribution in [3.05, 3.63) is 76.6 Å². The monoisotopic (exact) mass is 356 g/mol. The van der Waals surface area contributed by atoms with Crippen molar-refractivity contribution in [1.29, 1.82) is 0 Å². The van der Waals surface area contributed by atoms with Gasteiger partial charge in [-0.2, -0.15) is 5.10 Å². The van der Waals surface area contributed by atoms with Gasteiger partial charge in [0, 0.05) is 6.42 Å². The first-order valence-corrected chi connectivity index (χ1v) is 9.23. The van der Waals surface area contributed by atoms with Crippen LogP contribution in [0.1, 0.15) is 45.2 Å². The van der Waals surface area contributed by atoms with Gasteiger partial charge in [0.05, 0.1) is 28.0 Å². The van der Waals surface area contributed by atoms with Crippen LogP contribution in [0.5, 0.6) is 0 Å². The van der Waals surface area contributed by atoms with E-state index in [2.05, 4.69) is 46.3 Å². The lowest BCUT2D eigenvalue weighted by Gasteiger charge is -2.22. The number of nitrogens with one attached hydrogen (secondary N) is 1. The lowest BCUT2D eigenvalue weighted by Crippen LogP contribution is -2.21. The number of aryl methyl sites for hydroxylation is 2. The normalized spacial score (nSPS) is 16.7. The molecule has 5 heteroatoms. The second kappa shape index (κ2) is 5.91. The van der Waals surface area contributed by atoms with Gasteiger partial charge in [-0.15, -0.1) is 0 Å². The molecule has 1 atom stereocenters. The number of carbonyl (C=O) groups is 1. The zero-order valence-corrected chi connectivity index (χ0v) is 15.4. The van der Waals surface area contributed by atoms with Crippen molar-refractivity contribution >= 4 is 16.8 Å². The van der Waals surface area contributed by atoms with E-state index in [-0.39, 0.29) is 11.7 Å². The summed E-state index contributed by atoms with van der Waals surface area (Å²) in [5.41, 5.74) is 6.78. The standard InChI is InChI=1S/C22H20N4O/c1-13-7-9-15(10-8-13)16-11-19-21(20(27)12-16)14(2)25-26(19)22-23-17-5-3-4-6-18(17)24-22/h3-10,16H,11-12H2,1-2H3,(H,23,24)/t16-/m1/s1. The van der Waals surface area contributed by atoms with Gasteiger partial charge < -0.3 is 4.98 Å². The number of aromatic amines is 1. The SMILES string of the molecule is Cc1ccc([C@H]2CC(=O)c3c(C)nn(-c4nc5ccccc5[nH]4)c3C2)cc1. The number of para-hydroxylation sites is 2. The topological polar surface area (TPSA) is 63.6 Å². The average Bonchev–Trinajstić information content (AvgIpc) is 3.23. The van der Waals surface area contributed by atoms with Gasteiger partial charge >= 0.3 is 0 Å². The Labute approximate surface area is 157 Å². The van der Waals surface area contributed by atoms with Gasteiger partial charge in [-0.05, 0) is 43.9 Å². The van der Waals surface area contributed by atoms with Crippen LogP contribution >= 0.6 is 0 Å². The summed E-state index contributed by atoms with van der Waals surface area (Å²) < 4.78 is 1.82. The molecule has 1 aliphatic rings. The molecule has 0 saturated heterocycles. The molecule has 5 nitrogen and oxygen atoms in total. The maximum Gasteiger partial charge on any atom is 0.229 e. The Kier molecular flexibility index (Phi) is 3.50. The number of rotatable bonds is 2. The highest BCUT2D eigenvalue weighted by atomic mass is 16.1. The van der Waals surface area contributed by atoms with Crippen molar-refractivity contribution in [1.82, 2.24) is 19.7 Å². The van der Waals surface area contributed by atoms with Crippen LogP contribution in [0.2, 0.25) is 0 Å². The van der Waals surface area contributed by atoms with Crippen molar-refractivity contribution in [2.75, 3.05) is 0 Å². The van der Waals surface area contributed by atoms with Crippen LogP contribution < -0.4 is 0 Å². The Morgan fingerprint density at radius 3 is 2.59 bits per heavy atom. The highest BCUT2D eigenvalue weighted by Gasteiger charge is 2.32. The van der Waals surface area contributed by atoms with Crippen LogP contribution in [-0.2, 0) is 6.42 Å². The number of benzene rings is 2. The molecule has 0 bridgehead atoms. The zero-order chi connectivity index (χ0) is 18.5. The second-order valence-corrected chi connectivity index (χ2v) is 7.34. The predicted molar refractivity (Wildman–Crippen MR) is 105 cm³/mol. The molecule has 0 amide bonds. The molecule has 1 N–H and O–H groups in total. The minimum Gasteiger partial charge on any atom is -0.322 e. The maximum atomic E-state index is 12.9. The van der Waals surface area contributed by atoms with E-state index in [1.165, 1.54) is 11.1 Å². The first kappa shape index (κ1) is 16.0. The van der Waals surface area contributed by atoms with Crippen LogP contribution in [0, 0.1) is 13.8 Å². The van der Waals surface area contributed by atoms with Crippen LogP contribution in [-0.4, -0.2) is 25.5 Å².